The van der Waals surface area contributed by atoms with Gasteiger partial charge in [-0.15, -0.1) is 0 Å². The maximum atomic E-state index is 14.0. The van der Waals surface area contributed by atoms with E-state index in [0.717, 1.165) is 30.7 Å². The lowest BCUT2D eigenvalue weighted by Crippen LogP contribution is -2.54. The van der Waals surface area contributed by atoms with Crippen molar-refractivity contribution in [2.45, 2.75) is 92.4 Å². The lowest BCUT2D eigenvalue weighted by molar-refractivity contribution is -0.288. The smallest absolute Gasteiger partial charge is 0.169 e. The summed E-state index contributed by atoms with van der Waals surface area (Å²) >= 11 is 0. The summed E-state index contributed by atoms with van der Waals surface area (Å²) in [4.78, 5) is 0. The molecule has 0 unspecified atom stereocenters. The second kappa shape index (κ2) is 22.5. The fourth-order valence-corrected chi connectivity index (χ4v) is 5.55. The molecule has 0 saturated carbocycles. The van der Waals surface area contributed by atoms with Gasteiger partial charge in [0.2, 0.25) is 5.41 Å². The van der Waals surface area contributed by atoms with Crippen molar-refractivity contribution in [3.63, 3.8) is 0 Å². The Morgan fingerprint density at radius 3 is 0.946 bits per heavy atom. The Morgan fingerprint density at radius 2 is 0.732 bits per heavy atom. The molecule has 0 amide bonds. The molecule has 0 aromatic heterocycles. The van der Waals surface area contributed by atoms with Crippen LogP contribution in [0.4, 0.5) is 26.3 Å². The fraction of sp³-hybridized carbons (Fsp3) is 0.280. The zero-order valence-electron chi connectivity index (χ0n) is 34.1. The van der Waals surface area contributed by atoms with Gasteiger partial charge in [-0.2, -0.15) is 26.3 Å². The average Bonchev–Trinajstić information content (AvgIpc) is 3.16. The van der Waals surface area contributed by atoms with Gasteiger partial charge in [-0.1, -0.05) is 190 Å². The Morgan fingerprint density at radius 1 is 0.411 bits per heavy atom. The van der Waals surface area contributed by atoms with E-state index in [0.29, 0.717) is 28.2 Å². The third-order valence-corrected chi connectivity index (χ3v) is 9.33. The first-order chi connectivity index (χ1) is 26.3. The summed E-state index contributed by atoms with van der Waals surface area (Å²) in [5, 5.41) is 0. The Balaban J connectivity index is 0.000000282. The molecule has 6 rings (SSSR count). The first-order valence-corrected chi connectivity index (χ1v) is 18.8. The highest BCUT2D eigenvalue weighted by atomic mass is 19.4. The Kier molecular flexibility index (Phi) is 18.9. The number of rotatable bonds is 4. The highest BCUT2D eigenvalue weighted by molar-refractivity contribution is 5.48. The molecule has 0 saturated heterocycles. The average molecular weight is 771 g/mol. The highest BCUT2D eigenvalue weighted by Crippen LogP contribution is 2.56. The molecule has 0 radical (unpaired) electrons. The summed E-state index contributed by atoms with van der Waals surface area (Å²) < 4.78 is 83.9. The van der Waals surface area contributed by atoms with Gasteiger partial charge in [-0.25, -0.2) is 0 Å². The number of halogens is 6. The molecular formula is C50H56F6. The standard InChI is InChI=1S/C19H18F6.C9H12.C8H10.2C7H8/c1-11-5-7-15(9-13(11)3)17(18(20,21)22,19(23,24)25)16-8-6-12(2)14(4)10-16;1-8(2)9-6-4-3-5-7-9;1-2-8-6-4-3-5-7-8;2*1-7-5-3-2-4-6-7/h5-10H,1-4H3;3-8H,1-2H3;3-7H,2H2,1H3;2*2-6H,1H3. The molecule has 56 heavy (non-hydrogen) atoms. The minimum absolute atomic E-state index is 0.374. The molecule has 6 heteroatoms. The molecule has 6 aromatic rings. The largest absolute Gasteiger partial charge is 0.411 e. The van der Waals surface area contributed by atoms with Crippen molar-refractivity contribution < 1.29 is 26.3 Å². The molecule has 0 bridgehead atoms. The van der Waals surface area contributed by atoms with Crippen molar-refractivity contribution in [2.24, 2.45) is 0 Å². The van der Waals surface area contributed by atoms with Crippen LogP contribution in [0, 0.1) is 41.5 Å². The summed E-state index contributed by atoms with van der Waals surface area (Å²) in [5.74, 6) is 0.659. The lowest BCUT2D eigenvalue weighted by Gasteiger charge is -2.38. The van der Waals surface area contributed by atoms with Crippen LogP contribution in [0.15, 0.2) is 158 Å². The molecule has 0 N–H and O–H groups in total. The molecule has 0 spiro atoms. The van der Waals surface area contributed by atoms with Crippen molar-refractivity contribution >= 4 is 0 Å². The molecule has 0 nitrogen and oxygen atoms in total. The van der Waals surface area contributed by atoms with Crippen LogP contribution in [-0.2, 0) is 11.8 Å². The van der Waals surface area contributed by atoms with Crippen molar-refractivity contribution in [1.82, 2.24) is 0 Å². The van der Waals surface area contributed by atoms with E-state index >= 15 is 0 Å². The van der Waals surface area contributed by atoms with Gasteiger partial charge < -0.3 is 0 Å². The summed E-state index contributed by atoms with van der Waals surface area (Å²) in [6.07, 6.45) is -9.95. The first kappa shape index (κ1) is 47.1. The van der Waals surface area contributed by atoms with Gasteiger partial charge in [0.15, 0.2) is 0 Å². The quantitative estimate of drug-likeness (QED) is 0.157. The van der Waals surface area contributed by atoms with E-state index in [1.165, 1.54) is 48.2 Å². The van der Waals surface area contributed by atoms with Crippen molar-refractivity contribution in [1.29, 1.82) is 0 Å². The molecule has 0 aliphatic heterocycles. The SMILES string of the molecule is CC(C)c1ccccc1.CCc1ccccc1.Cc1ccc(C(c2ccc(C)c(C)c2)(C(F)(F)F)C(F)(F)F)cc1C.Cc1ccccc1.Cc1ccccc1. The van der Waals surface area contributed by atoms with E-state index in [9.17, 15) is 26.3 Å². The predicted molar refractivity (Wildman–Crippen MR) is 223 cm³/mol. The molecular weight excluding hydrogens is 715 g/mol. The maximum Gasteiger partial charge on any atom is 0.411 e. The van der Waals surface area contributed by atoms with E-state index < -0.39 is 28.9 Å². The molecule has 6 aromatic carbocycles. The van der Waals surface area contributed by atoms with E-state index in [1.54, 1.807) is 13.8 Å². The topological polar surface area (TPSA) is 0 Å². The zero-order valence-corrected chi connectivity index (χ0v) is 34.1. The van der Waals surface area contributed by atoms with E-state index in [1.807, 2.05) is 48.5 Å². The van der Waals surface area contributed by atoms with Crippen molar-refractivity contribution in [3.05, 3.63) is 213 Å². The summed E-state index contributed by atoms with van der Waals surface area (Å²) in [6.45, 7) is 17.0. The molecule has 0 aliphatic rings. The van der Waals surface area contributed by atoms with Crippen LogP contribution < -0.4 is 0 Å². The maximum absolute atomic E-state index is 14.0. The van der Waals surface area contributed by atoms with Crippen LogP contribution in [0.25, 0.3) is 0 Å². The van der Waals surface area contributed by atoms with Crippen LogP contribution >= 0.6 is 0 Å². The van der Waals surface area contributed by atoms with Crippen LogP contribution in [-0.4, -0.2) is 12.4 Å². The Labute approximate surface area is 331 Å². The van der Waals surface area contributed by atoms with Gasteiger partial charge >= 0.3 is 12.4 Å². The molecule has 0 atom stereocenters. The highest BCUT2D eigenvalue weighted by Gasteiger charge is 2.72. The third-order valence-electron chi connectivity index (χ3n) is 9.33. The second-order valence-corrected chi connectivity index (χ2v) is 14.1. The number of aryl methyl sites for hydroxylation is 7. The fourth-order valence-electron chi connectivity index (χ4n) is 5.55. The van der Waals surface area contributed by atoms with E-state index in [2.05, 4.69) is 107 Å². The first-order valence-electron chi connectivity index (χ1n) is 18.8. The molecule has 0 fully saturated rings. The minimum atomic E-state index is -5.55. The van der Waals surface area contributed by atoms with Gasteiger partial charge in [0.1, 0.15) is 0 Å². The lowest BCUT2D eigenvalue weighted by atomic mass is 9.71. The Hall–Kier alpha value is -5.10. The van der Waals surface area contributed by atoms with Gasteiger partial charge in [0.05, 0.1) is 0 Å². The summed E-state index contributed by atoms with van der Waals surface area (Å²) in [6, 6.07) is 47.9. The van der Waals surface area contributed by atoms with Crippen molar-refractivity contribution in [3.8, 4) is 0 Å². The summed E-state index contributed by atoms with van der Waals surface area (Å²) in [5.41, 5.74) is 1.76. The van der Waals surface area contributed by atoms with Gasteiger partial charge in [0.25, 0.3) is 0 Å². The monoisotopic (exact) mass is 770 g/mol. The van der Waals surface area contributed by atoms with Crippen molar-refractivity contribution in [2.75, 3.05) is 0 Å². The number of alkyl halides is 6. The van der Waals surface area contributed by atoms with E-state index in [-0.39, 0.29) is 0 Å². The third kappa shape index (κ3) is 14.2. The van der Waals surface area contributed by atoms with Crippen LogP contribution in [0.5, 0.6) is 0 Å². The van der Waals surface area contributed by atoms with Gasteiger partial charge in [-0.3, -0.25) is 0 Å². The summed E-state index contributed by atoms with van der Waals surface area (Å²) in [7, 11) is 0. The van der Waals surface area contributed by atoms with Gasteiger partial charge in [0, 0.05) is 0 Å². The molecule has 0 aliphatic carbocycles. The number of hydrogen-bond acceptors (Lipinski definition) is 0. The van der Waals surface area contributed by atoms with Crippen LogP contribution in [0.2, 0.25) is 0 Å². The molecule has 0 heterocycles. The number of benzene rings is 6. The predicted octanol–water partition coefficient (Wildman–Crippen LogP) is 15.4. The van der Waals surface area contributed by atoms with Gasteiger partial charge in [-0.05, 0) is 98.4 Å². The second-order valence-electron chi connectivity index (χ2n) is 14.1. The van der Waals surface area contributed by atoms with Crippen LogP contribution in [0.1, 0.15) is 82.3 Å². The van der Waals surface area contributed by atoms with Crippen LogP contribution in [0.3, 0.4) is 0 Å². The molecule has 298 valence electrons. The van der Waals surface area contributed by atoms with E-state index in [4.69, 9.17) is 0 Å². The zero-order chi connectivity index (χ0) is 41.9. The Bertz CT molecular complexity index is 1860. The minimum Gasteiger partial charge on any atom is -0.169 e. The normalized spacial score (nSPS) is 11.0. The number of hydrogen-bond donors (Lipinski definition) is 0.